The van der Waals surface area contributed by atoms with E-state index >= 15 is 0 Å². The molecule has 1 saturated carbocycles. The third-order valence-corrected chi connectivity index (χ3v) is 3.74. The van der Waals surface area contributed by atoms with Crippen molar-refractivity contribution in [2.75, 3.05) is 0 Å². The number of benzene rings is 1. The van der Waals surface area contributed by atoms with Crippen LogP contribution in [0, 0.1) is 4.64 Å². The monoisotopic (exact) mass is 268 g/mol. The molecule has 19 heavy (non-hydrogen) atoms. The minimum atomic E-state index is 0.547. The molecule has 0 spiro atoms. The van der Waals surface area contributed by atoms with Gasteiger partial charge in [0.05, 0.1) is 17.3 Å². The minimum absolute atomic E-state index is 0.547. The van der Waals surface area contributed by atoms with E-state index in [9.17, 15) is 0 Å². The zero-order chi connectivity index (χ0) is 12.8. The number of hydrogen-bond donors (Lipinski definition) is 1. The van der Waals surface area contributed by atoms with Crippen LogP contribution in [0.1, 0.15) is 24.6 Å². The van der Waals surface area contributed by atoms with Gasteiger partial charge in [0.1, 0.15) is 16.1 Å². The summed E-state index contributed by atoms with van der Waals surface area (Å²) in [6.45, 7) is 0. The van der Waals surface area contributed by atoms with E-state index < -0.39 is 0 Å². The molecule has 1 N–H and O–H groups in total. The molecule has 4 rings (SSSR count). The molecule has 0 aliphatic heterocycles. The first-order valence-corrected chi connectivity index (χ1v) is 6.77. The highest BCUT2D eigenvalue weighted by Gasteiger charge is 2.26. The van der Waals surface area contributed by atoms with E-state index in [1.54, 1.807) is 6.20 Å². The van der Waals surface area contributed by atoms with E-state index in [-0.39, 0.29) is 0 Å². The quantitative estimate of drug-likeness (QED) is 0.725. The van der Waals surface area contributed by atoms with Crippen LogP contribution in [-0.2, 0) is 0 Å². The highest BCUT2D eigenvalue weighted by Crippen LogP contribution is 2.38. The van der Waals surface area contributed by atoms with Crippen molar-refractivity contribution in [1.82, 2.24) is 19.7 Å². The number of H-pyrrole nitrogens is 1. The molecule has 4 nitrogen and oxygen atoms in total. The minimum Gasteiger partial charge on any atom is -0.327 e. The van der Waals surface area contributed by atoms with Gasteiger partial charge in [-0.1, -0.05) is 30.4 Å². The van der Waals surface area contributed by atoms with Gasteiger partial charge in [0.25, 0.3) is 0 Å². The van der Waals surface area contributed by atoms with Crippen LogP contribution in [0.2, 0.25) is 0 Å². The standard InChI is InChI=1S/C14H12N4S/c19-14-11-8-15-18(10-4-2-1-3-5-10)13(11)16-12(17-14)9-6-7-9/h1-5,8-9H,6-7H2,(H,16,17,19). The Hall–Kier alpha value is -2.01. The van der Waals surface area contributed by atoms with Gasteiger partial charge >= 0.3 is 0 Å². The molecule has 0 bridgehead atoms. The van der Waals surface area contributed by atoms with E-state index in [1.807, 2.05) is 35.0 Å². The van der Waals surface area contributed by atoms with E-state index in [2.05, 4.69) is 15.1 Å². The summed E-state index contributed by atoms with van der Waals surface area (Å²) in [6.07, 6.45) is 4.18. The molecule has 3 aromatic rings. The summed E-state index contributed by atoms with van der Waals surface area (Å²) < 4.78 is 2.52. The van der Waals surface area contributed by atoms with Crippen LogP contribution in [0.5, 0.6) is 0 Å². The van der Waals surface area contributed by atoms with E-state index in [0.717, 1.165) is 22.5 Å². The summed E-state index contributed by atoms with van der Waals surface area (Å²) >= 11 is 5.37. The van der Waals surface area contributed by atoms with Gasteiger partial charge in [0, 0.05) is 5.92 Å². The van der Waals surface area contributed by atoms with Crippen molar-refractivity contribution in [2.45, 2.75) is 18.8 Å². The Bertz CT molecular complexity index is 799. The fourth-order valence-electron chi connectivity index (χ4n) is 2.26. The van der Waals surface area contributed by atoms with Crippen molar-refractivity contribution in [3.05, 3.63) is 47.0 Å². The van der Waals surface area contributed by atoms with Crippen molar-refractivity contribution in [2.24, 2.45) is 0 Å². The topological polar surface area (TPSA) is 46.5 Å². The first-order chi connectivity index (χ1) is 9.33. The van der Waals surface area contributed by atoms with Crippen LogP contribution in [0.25, 0.3) is 16.7 Å². The van der Waals surface area contributed by atoms with Crippen LogP contribution in [-0.4, -0.2) is 19.7 Å². The van der Waals surface area contributed by atoms with Crippen LogP contribution < -0.4 is 0 Å². The van der Waals surface area contributed by atoms with Crippen LogP contribution in [0.15, 0.2) is 36.5 Å². The molecule has 2 aromatic heterocycles. The van der Waals surface area contributed by atoms with Gasteiger partial charge in [-0.2, -0.15) is 5.10 Å². The average Bonchev–Trinajstić information content (AvgIpc) is 3.20. The van der Waals surface area contributed by atoms with Crippen LogP contribution >= 0.6 is 12.2 Å². The smallest absolute Gasteiger partial charge is 0.145 e. The number of hydrogen-bond acceptors (Lipinski definition) is 3. The Balaban J connectivity index is 1.99. The molecule has 5 heteroatoms. The zero-order valence-electron chi connectivity index (χ0n) is 10.2. The molecule has 1 aliphatic rings. The maximum atomic E-state index is 5.37. The second-order valence-corrected chi connectivity index (χ2v) is 5.24. The van der Waals surface area contributed by atoms with E-state index in [1.165, 1.54) is 12.8 Å². The number of nitrogens with zero attached hydrogens (tertiary/aromatic N) is 3. The molecular weight excluding hydrogens is 256 g/mol. The van der Waals surface area contributed by atoms with Gasteiger partial charge in [0.2, 0.25) is 0 Å². The molecule has 0 radical (unpaired) electrons. The fraction of sp³-hybridized carbons (Fsp3) is 0.214. The molecule has 0 atom stereocenters. The van der Waals surface area contributed by atoms with Crippen LogP contribution in [0.3, 0.4) is 0 Å². The van der Waals surface area contributed by atoms with Crippen molar-refractivity contribution in [3.8, 4) is 5.69 Å². The maximum Gasteiger partial charge on any atom is 0.145 e. The molecule has 2 heterocycles. The Labute approximate surface area is 115 Å². The lowest BCUT2D eigenvalue weighted by Gasteiger charge is -2.04. The number of aromatic nitrogens is 4. The number of aromatic amines is 1. The van der Waals surface area contributed by atoms with E-state index in [4.69, 9.17) is 12.2 Å². The SMILES string of the molecule is S=c1nc(C2CC2)[nH]c2c1cnn2-c1ccccc1. The second-order valence-electron chi connectivity index (χ2n) is 4.86. The Morgan fingerprint density at radius 3 is 2.74 bits per heavy atom. The lowest BCUT2D eigenvalue weighted by molar-refractivity contribution is 0.872. The van der Waals surface area contributed by atoms with Gasteiger partial charge in [0.15, 0.2) is 0 Å². The Kier molecular flexibility index (Phi) is 2.29. The molecule has 1 aliphatic carbocycles. The highest BCUT2D eigenvalue weighted by molar-refractivity contribution is 7.71. The summed E-state index contributed by atoms with van der Waals surface area (Å²) in [4.78, 5) is 7.88. The van der Waals surface area contributed by atoms with Crippen molar-refractivity contribution >= 4 is 23.3 Å². The molecule has 0 amide bonds. The summed E-state index contributed by atoms with van der Waals surface area (Å²) in [6, 6.07) is 10.1. The molecule has 1 fully saturated rings. The molecule has 0 saturated heterocycles. The first kappa shape index (κ1) is 10.9. The Morgan fingerprint density at radius 1 is 1.21 bits per heavy atom. The summed E-state index contributed by atoms with van der Waals surface area (Å²) in [5.41, 5.74) is 1.96. The van der Waals surface area contributed by atoms with Gasteiger partial charge in [-0.05, 0) is 25.0 Å². The lowest BCUT2D eigenvalue weighted by Crippen LogP contribution is -2.00. The van der Waals surface area contributed by atoms with Gasteiger partial charge in [-0.25, -0.2) is 9.67 Å². The summed E-state index contributed by atoms with van der Waals surface area (Å²) in [7, 11) is 0. The van der Waals surface area contributed by atoms with Gasteiger partial charge in [-0.15, -0.1) is 0 Å². The van der Waals surface area contributed by atoms with Crippen molar-refractivity contribution in [1.29, 1.82) is 0 Å². The molecule has 1 aromatic carbocycles. The largest absolute Gasteiger partial charge is 0.327 e. The van der Waals surface area contributed by atoms with Gasteiger partial charge in [-0.3, -0.25) is 0 Å². The van der Waals surface area contributed by atoms with Crippen molar-refractivity contribution < 1.29 is 0 Å². The lowest BCUT2D eigenvalue weighted by atomic mass is 10.3. The number of nitrogens with one attached hydrogen (secondary N) is 1. The zero-order valence-corrected chi connectivity index (χ0v) is 11.0. The third-order valence-electron chi connectivity index (χ3n) is 3.43. The molecule has 94 valence electrons. The fourth-order valence-corrected chi connectivity index (χ4v) is 2.51. The highest BCUT2D eigenvalue weighted by atomic mass is 32.1. The first-order valence-electron chi connectivity index (χ1n) is 6.36. The predicted octanol–water partition coefficient (Wildman–Crippen LogP) is 3.36. The van der Waals surface area contributed by atoms with Gasteiger partial charge < -0.3 is 4.98 Å². The maximum absolute atomic E-state index is 5.37. The number of rotatable bonds is 2. The normalized spacial score (nSPS) is 14.9. The number of fused-ring (bicyclic) bond motifs is 1. The number of para-hydroxylation sites is 1. The van der Waals surface area contributed by atoms with Crippen LogP contribution in [0.4, 0.5) is 0 Å². The third kappa shape index (κ3) is 1.77. The molecular formula is C14H12N4S. The average molecular weight is 268 g/mol. The predicted molar refractivity (Wildman–Crippen MR) is 76.0 cm³/mol. The summed E-state index contributed by atoms with van der Waals surface area (Å²) in [5.74, 6) is 1.54. The molecule has 0 unspecified atom stereocenters. The summed E-state index contributed by atoms with van der Waals surface area (Å²) in [5, 5.41) is 5.33. The van der Waals surface area contributed by atoms with E-state index in [0.29, 0.717) is 10.6 Å². The second kappa shape index (κ2) is 3.99. The Morgan fingerprint density at radius 2 is 2.00 bits per heavy atom. The van der Waals surface area contributed by atoms with Crippen molar-refractivity contribution in [3.63, 3.8) is 0 Å².